The van der Waals surface area contributed by atoms with Gasteiger partial charge >= 0.3 is 5.97 Å². The fraction of sp³-hybridized carbons (Fsp3) is 0.273. The van der Waals surface area contributed by atoms with Crippen molar-refractivity contribution in [1.29, 1.82) is 0 Å². The first-order chi connectivity index (χ1) is 8.41. The summed E-state index contributed by atoms with van der Waals surface area (Å²) in [5.74, 6) is -2.54. The van der Waals surface area contributed by atoms with Gasteiger partial charge in [-0.05, 0) is 12.1 Å². The topological polar surface area (TPSA) is 127 Å². The van der Waals surface area contributed by atoms with Gasteiger partial charge in [0.05, 0.1) is 5.56 Å². The number of carboxylic acid groups (broad SMARTS) is 1. The maximum atomic E-state index is 11.5. The van der Waals surface area contributed by atoms with Crippen LogP contribution in [-0.2, 0) is 4.79 Å². The van der Waals surface area contributed by atoms with Gasteiger partial charge in [-0.3, -0.25) is 4.79 Å². The van der Waals surface area contributed by atoms with E-state index in [-0.39, 0.29) is 30.0 Å². The predicted octanol–water partition coefficient (Wildman–Crippen LogP) is -0.337. The van der Waals surface area contributed by atoms with Gasteiger partial charge < -0.3 is 25.7 Å². The Hall–Kier alpha value is -2.28. The molecule has 7 nitrogen and oxygen atoms in total. The number of phenolic OH excluding ortho intramolecular Hbond substituents is 2. The lowest BCUT2D eigenvalue weighted by molar-refractivity contribution is -0.146. The number of carbonyl (C=O) groups excluding carboxylic acids is 1. The van der Waals surface area contributed by atoms with E-state index in [9.17, 15) is 14.7 Å². The summed E-state index contributed by atoms with van der Waals surface area (Å²) in [5.41, 5.74) is -0.0439. The van der Waals surface area contributed by atoms with Crippen LogP contribution in [0.25, 0.3) is 0 Å². The van der Waals surface area contributed by atoms with Crippen LogP contribution in [0.15, 0.2) is 18.2 Å². The molecule has 0 aliphatic carbocycles. The van der Waals surface area contributed by atoms with Gasteiger partial charge in [0.25, 0.3) is 5.91 Å². The van der Waals surface area contributed by atoms with E-state index >= 15 is 0 Å². The molecule has 0 aliphatic rings. The molecular weight excluding hydrogens is 242 g/mol. The fourth-order valence-corrected chi connectivity index (χ4v) is 1.25. The molecule has 0 saturated heterocycles. The molecule has 98 valence electrons. The van der Waals surface area contributed by atoms with Gasteiger partial charge in [-0.1, -0.05) is 0 Å². The van der Waals surface area contributed by atoms with Gasteiger partial charge in [-0.25, -0.2) is 4.79 Å². The quantitative estimate of drug-likeness (QED) is 0.490. The third-order valence-electron chi connectivity index (χ3n) is 2.21. The Morgan fingerprint density at radius 3 is 2.50 bits per heavy atom. The predicted molar refractivity (Wildman–Crippen MR) is 60.4 cm³/mol. The smallest absolute Gasteiger partial charge is 0.332 e. The van der Waals surface area contributed by atoms with Gasteiger partial charge in [0.15, 0.2) is 6.10 Å². The molecule has 1 rings (SSSR count). The number of hydrogen-bond acceptors (Lipinski definition) is 5. The molecule has 7 heteroatoms. The Labute approximate surface area is 102 Å². The molecule has 1 atom stereocenters. The van der Waals surface area contributed by atoms with Crippen LogP contribution in [0.3, 0.4) is 0 Å². The number of benzene rings is 1. The second-order valence-electron chi connectivity index (χ2n) is 3.60. The molecule has 1 aromatic carbocycles. The van der Waals surface area contributed by atoms with E-state index in [2.05, 4.69) is 5.32 Å². The van der Waals surface area contributed by atoms with Gasteiger partial charge in [-0.15, -0.1) is 0 Å². The molecule has 0 aliphatic heterocycles. The molecule has 5 N–H and O–H groups in total. The van der Waals surface area contributed by atoms with Crippen molar-refractivity contribution in [2.75, 3.05) is 6.54 Å². The lowest BCUT2D eigenvalue weighted by atomic mass is 10.1. The highest BCUT2D eigenvalue weighted by Gasteiger charge is 2.15. The molecule has 0 saturated carbocycles. The van der Waals surface area contributed by atoms with Crippen LogP contribution in [0.1, 0.15) is 16.8 Å². The van der Waals surface area contributed by atoms with Crippen molar-refractivity contribution in [3.63, 3.8) is 0 Å². The SMILES string of the molecule is O=C(NCC[C@H](O)C(=O)O)c1ccc(O)cc1O. The van der Waals surface area contributed by atoms with E-state index in [4.69, 9.17) is 15.3 Å². The van der Waals surface area contributed by atoms with Crippen LogP contribution in [-0.4, -0.2) is 45.0 Å². The number of nitrogens with one attached hydrogen (secondary N) is 1. The number of hydrogen-bond donors (Lipinski definition) is 5. The van der Waals surface area contributed by atoms with Crippen LogP contribution in [0.4, 0.5) is 0 Å². The number of amides is 1. The summed E-state index contributed by atoms with van der Waals surface area (Å²) >= 11 is 0. The zero-order valence-corrected chi connectivity index (χ0v) is 9.33. The van der Waals surface area contributed by atoms with E-state index in [0.29, 0.717) is 0 Å². The summed E-state index contributed by atoms with van der Waals surface area (Å²) < 4.78 is 0. The molecule has 18 heavy (non-hydrogen) atoms. The van der Waals surface area contributed by atoms with Crippen molar-refractivity contribution in [1.82, 2.24) is 5.32 Å². The first kappa shape index (κ1) is 13.8. The molecule has 0 aromatic heterocycles. The lowest BCUT2D eigenvalue weighted by Gasteiger charge is -2.08. The minimum atomic E-state index is -1.54. The summed E-state index contributed by atoms with van der Waals surface area (Å²) in [6.45, 7) is -0.0490. The molecule has 1 amide bonds. The number of phenols is 2. The van der Waals surface area contributed by atoms with Crippen molar-refractivity contribution >= 4 is 11.9 Å². The molecule has 0 heterocycles. The molecular formula is C11H13NO6. The van der Waals surface area contributed by atoms with E-state index in [1.54, 1.807) is 0 Å². The fourth-order valence-electron chi connectivity index (χ4n) is 1.25. The molecule has 0 spiro atoms. The molecule has 0 fully saturated rings. The zero-order chi connectivity index (χ0) is 13.7. The maximum absolute atomic E-state index is 11.5. The van der Waals surface area contributed by atoms with Crippen molar-refractivity contribution in [3.05, 3.63) is 23.8 Å². The Bertz CT molecular complexity index is 459. The van der Waals surface area contributed by atoms with Crippen molar-refractivity contribution < 1.29 is 30.0 Å². The van der Waals surface area contributed by atoms with E-state index < -0.39 is 18.0 Å². The van der Waals surface area contributed by atoms with Crippen molar-refractivity contribution in [2.24, 2.45) is 0 Å². The summed E-state index contributed by atoms with van der Waals surface area (Å²) in [6, 6.07) is 3.48. The minimum absolute atomic E-state index is 0.0439. The van der Waals surface area contributed by atoms with E-state index in [1.807, 2.05) is 0 Å². The van der Waals surface area contributed by atoms with Crippen LogP contribution in [0.5, 0.6) is 11.5 Å². The Balaban J connectivity index is 2.53. The largest absolute Gasteiger partial charge is 0.508 e. The van der Waals surface area contributed by atoms with E-state index in [1.165, 1.54) is 12.1 Å². The highest BCUT2D eigenvalue weighted by molar-refractivity contribution is 5.97. The number of aromatic hydroxyl groups is 2. The Kier molecular flexibility index (Phi) is 4.50. The van der Waals surface area contributed by atoms with Gasteiger partial charge in [0.1, 0.15) is 11.5 Å². The van der Waals surface area contributed by atoms with Crippen molar-refractivity contribution in [3.8, 4) is 11.5 Å². The molecule has 0 radical (unpaired) electrons. The molecule has 1 aromatic rings. The summed E-state index contributed by atoms with van der Waals surface area (Å²) in [5, 5.41) is 38.2. The number of aliphatic carboxylic acids is 1. The third kappa shape index (κ3) is 3.63. The van der Waals surface area contributed by atoms with Gasteiger partial charge in [0.2, 0.25) is 0 Å². The highest BCUT2D eigenvalue weighted by Crippen LogP contribution is 2.22. The standard InChI is InChI=1S/C11H13NO6/c13-6-1-2-7(9(15)5-6)10(16)12-4-3-8(14)11(17)18/h1-2,5,8,13-15H,3-4H2,(H,12,16)(H,17,18)/t8-/m0/s1. The van der Waals surface area contributed by atoms with Crippen LogP contribution in [0.2, 0.25) is 0 Å². The lowest BCUT2D eigenvalue weighted by Crippen LogP contribution is -2.30. The first-order valence-corrected chi connectivity index (χ1v) is 5.13. The van der Waals surface area contributed by atoms with Crippen LogP contribution >= 0.6 is 0 Å². The molecule has 0 unspecified atom stereocenters. The number of carboxylic acids is 1. The minimum Gasteiger partial charge on any atom is -0.508 e. The van der Waals surface area contributed by atoms with Crippen LogP contribution < -0.4 is 5.32 Å². The van der Waals surface area contributed by atoms with Gasteiger partial charge in [0, 0.05) is 19.0 Å². The number of aliphatic hydroxyl groups excluding tert-OH is 1. The summed E-state index contributed by atoms with van der Waals surface area (Å²) in [6.07, 6.45) is -1.68. The summed E-state index contributed by atoms with van der Waals surface area (Å²) in [7, 11) is 0. The van der Waals surface area contributed by atoms with Gasteiger partial charge in [-0.2, -0.15) is 0 Å². The first-order valence-electron chi connectivity index (χ1n) is 5.13. The number of rotatable bonds is 5. The maximum Gasteiger partial charge on any atom is 0.332 e. The third-order valence-corrected chi connectivity index (χ3v) is 2.21. The second kappa shape index (κ2) is 5.87. The monoisotopic (exact) mass is 255 g/mol. The normalized spacial score (nSPS) is 11.8. The second-order valence-corrected chi connectivity index (χ2v) is 3.60. The van der Waals surface area contributed by atoms with Crippen molar-refractivity contribution in [2.45, 2.75) is 12.5 Å². The zero-order valence-electron chi connectivity index (χ0n) is 9.33. The van der Waals surface area contributed by atoms with Crippen LogP contribution in [0, 0.1) is 0 Å². The average molecular weight is 255 g/mol. The average Bonchev–Trinajstić information content (AvgIpc) is 2.28. The Morgan fingerprint density at radius 2 is 1.94 bits per heavy atom. The highest BCUT2D eigenvalue weighted by atomic mass is 16.4. The number of aliphatic hydroxyl groups is 1. The summed E-state index contributed by atoms with van der Waals surface area (Å²) in [4.78, 5) is 21.9. The number of carbonyl (C=O) groups is 2. The Morgan fingerprint density at radius 1 is 1.28 bits per heavy atom. The molecule has 0 bridgehead atoms. The van der Waals surface area contributed by atoms with E-state index in [0.717, 1.165) is 6.07 Å².